The van der Waals surface area contributed by atoms with Gasteiger partial charge in [0.2, 0.25) is 0 Å². The zero-order valence-corrected chi connectivity index (χ0v) is 15.3. The Bertz CT molecular complexity index is 1000. The van der Waals surface area contributed by atoms with Crippen molar-refractivity contribution in [3.63, 3.8) is 0 Å². The van der Waals surface area contributed by atoms with Crippen molar-refractivity contribution in [2.75, 3.05) is 0 Å². The van der Waals surface area contributed by atoms with Crippen molar-refractivity contribution in [1.82, 2.24) is 0 Å². The highest BCUT2D eigenvalue weighted by molar-refractivity contribution is 5.89. The molecule has 0 unspecified atom stereocenters. The fourth-order valence-electron chi connectivity index (χ4n) is 3.50. The van der Waals surface area contributed by atoms with Gasteiger partial charge in [0.05, 0.1) is 5.56 Å². The van der Waals surface area contributed by atoms with E-state index in [1.165, 1.54) is 17.2 Å². The van der Waals surface area contributed by atoms with Crippen molar-refractivity contribution >= 4 is 16.7 Å². The minimum atomic E-state index is -0.226. The number of carbonyl (C=O) groups excluding carboxylic acids is 1. The first-order chi connectivity index (χ1) is 13.3. The largest absolute Gasteiger partial charge is 0.459 e. The summed E-state index contributed by atoms with van der Waals surface area (Å²) in [7, 11) is 0. The van der Waals surface area contributed by atoms with Gasteiger partial charge in [0.1, 0.15) is 6.10 Å². The van der Waals surface area contributed by atoms with E-state index >= 15 is 0 Å². The monoisotopic (exact) mass is 354 g/mol. The second-order valence-electron chi connectivity index (χ2n) is 7.05. The Labute approximate surface area is 160 Å². The molecule has 1 fully saturated rings. The van der Waals surface area contributed by atoms with Crippen LogP contribution in [-0.2, 0) is 4.74 Å². The zero-order valence-electron chi connectivity index (χ0n) is 15.3. The molecule has 0 aliphatic heterocycles. The Balaban J connectivity index is 1.44. The van der Waals surface area contributed by atoms with Crippen LogP contribution in [0.3, 0.4) is 0 Å². The van der Waals surface area contributed by atoms with Crippen LogP contribution in [0.25, 0.3) is 10.8 Å². The lowest BCUT2D eigenvalue weighted by molar-refractivity contribution is 0.0211. The van der Waals surface area contributed by atoms with Gasteiger partial charge < -0.3 is 4.74 Å². The molecule has 0 N–H and O–H groups in total. The fourth-order valence-corrected chi connectivity index (χ4v) is 3.50. The summed E-state index contributed by atoms with van der Waals surface area (Å²) in [6.45, 7) is 0. The zero-order chi connectivity index (χ0) is 18.5. The number of benzene rings is 3. The molecule has 4 rings (SSSR count). The third-order valence-corrected chi connectivity index (χ3v) is 5.05. The number of rotatable bonds is 2. The van der Waals surface area contributed by atoms with Gasteiger partial charge in [0, 0.05) is 11.1 Å². The Morgan fingerprint density at radius 2 is 1.44 bits per heavy atom. The van der Waals surface area contributed by atoms with Crippen molar-refractivity contribution in [2.24, 2.45) is 0 Å². The lowest BCUT2D eigenvalue weighted by Crippen LogP contribution is -2.20. The summed E-state index contributed by atoms with van der Waals surface area (Å²) in [6.07, 6.45) is 5.61. The number of fused-ring (bicyclic) bond motifs is 1. The minimum absolute atomic E-state index is 0.0821. The summed E-state index contributed by atoms with van der Waals surface area (Å²) in [6, 6.07) is 21.8. The number of hydrogen-bond donors (Lipinski definition) is 0. The molecule has 0 aromatic heterocycles. The highest BCUT2D eigenvalue weighted by atomic mass is 16.5. The molecule has 1 saturated carbocycles. The first kappa shape index (κ1) is 17.4. The standard InChI is InChI=1S/C25H22O2/c26-25(27-24-8-2-1-3-9-24)22-16-12-19(13-17-22)10-11-20-14-15-21-6-4-5-7-23(21)18-20/h4-7,12-18,24H,1-3,8-9H2. The second-order valence-corrected chi connectivity index (χ2v) is 7.05. The highest BCUT2D eigenvalue weighted by Crippen LogP contribution is 2.21. The smallest absolute Gasteiger partial charge is 0.338 e. The first-order valence-corrected chi connectivity index (χ1v) is 9.60. The maximum absolute atomic E-state index is 12.3. The summed E-state index contributed by atoms with van der Waals surface area (Å²) < 4.78 is 5.61. The van der Waals surface area contributed by atoms with Crippen LogP contribution in [-0.4, -0.2) is 12.1 Å². The average molecular weight is 354 g/mol. The minimum Gasteiger partial charge on any atom is -0.459 e. The van der Waals surface area contributed by atoms with E-state index in [-0.39, 0.29) is 12.1 Å². The Kier molecular flexibility index (Phi) is 5.21. The van der Waals surface area contributed by atoms with Crippen molar-refractivity contribution in [3.8, 4) is 11.8 Å². The predicted molar refractivity (Wildman–Crippen MR) is 109 cm³/mol. The molecule has 0 saturated heterocycles. The second kappa shape index (κ2) is 8.10. The van der Waals surface area contributed by atoms with Gasteiger partial charge in [-0.1, -0.05) is 48.6 Å². The molecule has 0 radical (unpaired) electrons. The molecule has 1 aliphatic rings. The molecule has 1 aliphatic carbocycles. The molecule has 0 spiro atoms. The van der Waals surface area contributed by atoms with E-state index in [9.17, 15) is 4.79 Å². The number of esters is 1. The van der Waals surface area contributed by atoms with E-state index in [4.69, 9.17) is 4.74 Å². The molecule has 0 amide bonds. The van der Waals surface area contributed by atoms with E-state index in [1.54, 1.807) is 12.1 Å². The maximum Gasteiger partial charge on any atom is 0.338 e. The summed E-state index contributed by atoms with van der Waals surface area (Å²) in [5.41, 5.74) is 2.46. The molecule has 3 aromatic carbocycles. The van der Waals surface area contributed by atoms with Crippen LogP contribution in [0.1, 0.15) is 53.6 Å². The van der Waals surface area contributed by atoms with Crippen LogP contribution in [0.4, 0.5) is 0 Å². The van der Waals surface area contributed by atoms with E-state index in [0.717, 1.165) is 36.8 Å². The Morgan fingerprint density at radius 1 is 0.778 bits per heavy atom. The summed E-state index contributed by atoms with van der Waals surface area (Å²) in [4.78, 5) is 12.3. The van der Waals surface area contributed by atoms with E-state index in [0.29, 0.717) is 5.56 Å². The molecule has 3 aromatic rings. The topological polar surface area (TPSA) is 26.3 Å². The molecule has 2 heteroatoms. The van der Waals surface area contributed by atoms with Gasteiger partial charge in [-0.15, -0.1) is 0 Å². The molecule has 27 heavy (non-hydrogen) atoms. The molecular formula is C25H22O2. The molecule has 0 atom stereocenters. The van der Waals surface area contributed by atoms with Crippen molar-refractivity contribution in [2.45, 2.75) is 38.2 Å². The van der Waals surface area contributed by atoms with Crippen molar-refractivity contribution < 1.29 is 9.53 Å². The van der Waals surface area contributed by atoms with E-state index in [2.05, 4.69) is 36.1 Å². The number of carbonyl (C=O) groups is 1. The maximum atomic E-state index is 12.3. The molecular weight excluding hydrogens is 332 g/mol. The summed E-state index contributed by atoms with van der Waals surface area (Å²) >= 11 is 0. The van der Waals surface area contributed by atoms with E-state index < -0.39 is 0 Å². The van der Waals surface area contributed by atoms with Crippen LogP contribution in [0.15, 0.2) is 66.7 Å². The Hall–Kier alpha value is -3.05. The quantitative estimate of drug-likeness (QED) is 0.434. The summed E-state index contributed by atoms with van der Waals surface area (Å²) in [5, 5.41) is 2.40. The molecule has 0 bridgehead atoms. The first-order valence-electron chi connectivity index (χ1n) is 9.60. The fraction of sp³-hybridized carbons (Fsp3) is 0.240. The van der Waals surface area contributed by atoms with Gasteiger partial charge in [0.15, 0.2) is 0 Å². The molecule has 2 nitrogen and oxygen atoms in total. The van der Waals surface area contributed by atoms with Crippen LogP contribution in [0.5, 0.6) is 0 Å². The third-order valence-electron chi connectivity index (χ3n) is 5.05. The SMILES string of the molecule is O=C(OC1CCCCC1)c1ccc(C#Cc2ccc3ccccc3c2)cc1. The lowest BCUT2D eigenvalue weighted by Gasteiger charge is -2.21. The van der Waals surface area contributed by atoms with Gasteiger partial charge >= 0.3 is 5.97 Å². The van der Waals surface area contributed by atoms with Crippen LogP contribution >= 0.6 is 0 Å². The number of hydrogen-bond acceptors (Lipinski definition) is 2. The van der Waals surface area contributed by atoms with Crippen LogP contribution in [0.2, 0.25) is 0 Å². The molecule has 134 valence electrons. The van der Waals surface area contributed by atoms with Gasteiger partial charge in [-0.05, 0) is 72.9 Å². The number of ether oxygens (including phenoxy) is 1. The van der Waals surface area contributed by atoms with Gasteiger partial charge in [-0.3, -0.25) is 0 Å². The lowest BCUT2D eigenvalue weighted by atomic mass is 9.98. The summed E-state index contributed by atoms with van der Waals surface area (Å²) in [5.74, 6) is 6.15. The normalized spacial score (nSPS) is 14.4. The van der Waals surface area contributed by atoms with Gasteiger partial charge in [-0.25, -0.2) is 4.79 Å². The Morgan fingerprint density at radius 3 is 2.22 bits per heavy atom. The van der Waals surface area contributed by atoms with E-state index in [1.807, 2.05) is 30.3 Å². The van der Waals surface area contributed by atoms with Crippen LogP contribution < -0.4 is 0 Å². The van der Waals surface area contributed by atoms with Gasteiger partial charge in [-0.2, -0.15) is 0 Å². The predicted octanol–water partition coefficient (Wildman–Crippen LogP) is 5.73. The average Bonchev–Trinajstić information content (AvgIpc) is 2.73. The van der Waals surface area contributed by atoms with Crippen molar-refractivity contribution in [1.29, 1.82) is 0 Å². The van der Waals surface area contributed by atoms with Crippen LogP contribution in [0, 0.1) is 11.8 Å². The molecule has 0 heterocycles. The highest BCUT2D eigenvalue weighted by Gasteiger charge is 2.18. The van der Waals surface area contributed by atoms with Gasteiger partial charge in [0.25, 0.3) is 0 Å². The van der Waals surface area contributed by atoms with Crippen molar-refractivity contribution in [3.05, 3.63) is 83.4 Å². The third kappa shape index (κ3) is 4.38.